The molecule has 0 spiro atoms. The van der Waals surface area contributed by atoms with Gasteiger partial charge < -0.3 is 25.2 Å². The van der Waals surface area contributed by atoms with Crippen LogP contribution in [0.3, 0.4) is 0 Å². The summed E-state index contributed by atoms with van der Waals surface area (Å²) in [6.45, 7) is 3.77. The van der Waals surface area contributed by atoms with E-state index in [9.17, 15) is 5.11 Å². The van der Waals surface area contributed by atoms with Gasteiger partial charge in [-0.1, -0.05) is 6.07 Å². The molecule has 0 radical (unpaired) electrons. The normalized spacial score (nSPS) is 21.6. The summed E-state index contributed by atoms with van der Waals surface area (Å²) in [6, 6.07) is 7.60. The second-order valence-corrected chi connectivity index (χ2v) is 8.04. The fourth-order valence-electron chi connectivity index (χ4n) is 4.16. The Morgan fingerprint density at radius 1 is 1.25 bits per heavy atom. The third-order valence-electron chi connectivity index (χ3n) is 5.92. The van der Waals surface area contributed by atoms with Gasteiger partial charge in [0.15, 0.2) is 0 Å². The van der Waals surface area contributed by atoms with Gasteiger partial charge in [0, 0.05) is 12.1 Å². The average Bonchev–Trinajstić information content (AvgIpc) is 3.57. The molecular weight excluding hydrogens is 354 g/mol. The number of piperidine rings is 1. The van der Waals surface area contributed by atoms with Gasteiger partial charge in [-0.25, -0.2) is 4.98 Å². The van der Waals surface area contributed by atoms with Gasteiger partial charge in [-0.05, 0) is 67.8 Å². The maximum atomic E-state index is 10.7. The first-order valence-corrected chi connectivity index (χ1v) is 10.3. The number of anilines is 1. The van der Waals surface area contributed by atoms with Crippen LogP contribution >= 0.6 is 0 Å². The number of phenols is 1. The van der Waals surface area contributed by atoms with E-state index < -0.39 is 0 Å². The molecule has 28 heavy (non-hydrogen) atoms. The lowest BCUT2D eigenvalue weighted by molar-refractivity contribution is 0.128. The van der Waals surface area contributed by atoms with Crippen molar-refractivity contribution in [3.05, 3.63) is 35.4 Å². The molecule has 6 nitrogen and oxygen atoms in total. The predicted molar refractivity (Wildman–Crippen MR) is 108 cm³/mol. The number of hydrogen-bond donors (Lipinski definition) is 3. The Morgan fingerprint density at radius 3 is 3.00 bits per heavy atom. The molecule has 3 aliphatic rings. The van der Waals surface area contributed by atoms with Crippen molar-refractivity contribution in [1.29, 1.82) is 0 Å². The molecule has 1 aliphatic carbocycles. The molecule has 5 rings (SSSR count). The van der Waals surface area contributed by atoms with Crippen LogP contribution in [0.5, 0.6) is 11.5 Å². The van der Waals surface area contributed by atoms with Crippen LogP contribution in [-0.2, 0) is 11.3 Å². The topological polar surface area (TPSA) is 75.6 Å². The maximum Gasteiger partial charge on any atom is 0.134 e. The summed E-state index contributed by atoms with van der Waals surface area (Å²) in [4.78, 5) is 4.85. The van der Waals surface area contributed by atoms with Crippen molar-refractivity contribution in [3.8, 4) is 22.8 Å². The van der Waals surface area contributed by atoms with E-state index in [0.29, 0.717) is 43.1 Å². The second-order valence-electron chi connectivity index (χ2n) is 8.04. The number of rotatable bonds is 5. The summed E-state index contributed by atoms with van der Waals surface area (Å²) in [5.74, 6) is 2.85. The third kappa shape index (κ3) is 3.54. The quantitative estimate of drug-likeness (QED) is 0.735. The zero-order chi connectivity index (χ0) is 18.9. The van der Waals surface area contributed by atoms with Crippen LogP contribution < -0.4 is 15.4 Å². The fraction of sp³-hybridized carbons (Fsp3) is 0.500. The summed E-state index contributed by atoms with van der Waals surface area (Å²) in [6.07, 6.45) is 4.77. The Kier molecular flexibility index (Phi) is 4.82. The van der Waals surface area contributed by atoms with E-state index in [1.807, 2.05) is 12.1 Å². The molecule has 2 fully saturated rings. The molecule has 1 aromatic heterocycles. The van der Waals surface area contributed by atoms with Crippen LogP contribution in [0.1, 0.15) is 42.7 Å². The summed E-state index contributed by atoms with van der Waals surface area (Å²) in [7, 11) is 0. The fourth-order valence-corrected chi connectivity index (χ4v) is 4.16. The molecule has 3 N–H and O–H groups in total. The molecule has 0 unspecified atom stereocenters. The number of fused-ring (bicyclic) bond motifs is 1. The van der Waals surface area contributed by atoms with Crippen molar-refractivity contribution >= 4 is 5.82 Å². The van der Waals surface area contributed by atoms with Gasteiger partial charge in [0.2, 0.25) is 0 Å². The number of benzene rings is 1. The summed E-state index contributed by atoms with van der Waals surface area (Å²) in [5.41, 5.74) is 3.84. The van der Waals surface area contributed by atoms with Crippen LogP contribution in [0.4, 0.5) is 5.82 Å². The Labute approximate surface area is 165 Å². The molecule has 1 atom stereocenters. The second kappa shape index (κ2) is 7.60. The molecule has 1 aromatic carbocycles. The number of aromatic hydroxyl groups is 1. The van der Waals surface area contributed by atoms with Crippen molar-refractivity contribution in [3.63, 3.8) is 0 Å². The molecule has 1 saturated heterocycles. The van der Waals surface area contributed by atoms with Gasteiger partial charge >= 0.3 is 0 Å². The minimum absolute atomic E-state index is 0.209. The highest BCUT2D eigenvalue weighted by molar-refractivity contribution is 5.76. The number of ether oxygens (including phenoxy) is 2. The first-order chi connectivity index (χ1) is 13.8. The molecule has 0 amide bonds. The van der Waals surface area contributed by atoms with E-state index in [1.165, 1.54) is 18.4 Å². The monoisotopic (exact) mass is 381 g/mol. The van der Waals surface area contributed by atoms with E-state index >= 15 is 0 Å². The average molecular weight is 381 g/mol. The van der Waals surface area contributed by atoms with Gasteiger partial charge in [-0.3, -0.25) is 0 Å². The number of phenolic OH excluding ortho intramolecular Hbond substituents is 1. The van der Waals surface area contributed by atoms with Gasteiger partial charge in [0.25, 0.3) is 0 Å². The number of pyridine rings is 1. The van der Waals surface area contributed by atoms with Crippen molar-refractivity contribution in [1.82, 2.24) is 10.3 Å². The van der Waals surface area contributed by atoms with E-state index in [4.69, 9.17) is 14.5 Å². The molecule has 2 aliphatic heterocycles. The van der Waals surface area contributed by atoms with Crippen LogP contribution in [0.2, 0.25) is 0 Å². The minimum atomic E-state index is 0.209. The zero-order valence-electron chi connectivity index (χ0n) is 16.0. The van der Waals surface area contributed by atoms with Crippen molar-refractivity contribution in [2.45, 2.75) is 38.2 Å². The van der Waals surface area contributed by atoms with Gasteiger partial charge in [0.05, 0.1) is 24.5 Å². The zero-order valence-corrected chi connectivity index (χ0v) is 16.0. The highest BCUT2D eigenvalue weighted by atomic mass is 16.5. The lowest BCUT2D eigenvalue weighted by Crippen LogP contribution is -2.30. The first kappa shape index (κ1) is 17.8. The Hall–Kier alpha value is -2.31. The molecule has 1 saturated carbocycles. The first-order valence-electron chi connectivity index (χ1n) is 10.3. The van der Waals surface area contributed by atoms with E-state index in [1.54, 1.807) is 6.07 Å². The number of nitrogens with zero attached hydrogens (tertiary/aromatic N) is 1. The van der Waals surface area contributed by atoms with Crippen LogP contribution in [0, 0.1) is 5.92 Å². The Bertz CT molecular complexity index is 860. The third-order valence-corrected chi connectivity index (χ3v) is 5.92. The summed E-state index contributed by atoms with van der Waals surface area (Å²) >= 11 is 0. The molecular formula is C22H27N3O3. The lowest BCUT2D eigenvalue weighted by atomic mass is 9.87. The lowest BCUT2D eigenvalue weighted by Gasteiger charge is -2.29. The Balaban J connectivity index is 1.58. The minimum Gasteiger partial charge on any atom is -0.507 e. The number of aromatic nitrogens is 1. The largest absolute Gasteiger partial charge is 0.507 e. The van der Waals surface area contributed by atoms with Gasteiger partial charge in [-0.2, -0.15) is 0 Å². The maximum absolute atomic E-state index is 10.7. The van der Waals surface area contributed by atoms with Crippen molar-refractivity contribution in [2.24, 2.45) is 5.92 Å². The van der Waals surface area contributed by atoms with Crippen LogP contribution in [-0.4, -0.2) is 36.5 Å². The number of nitrogens with one attached hydrogen (secondary N) is 2. The summed E-state index contributed by atoms with van der Waals surface area (Å²) < 4.78 is 11.7. The predicted octanol–water partition coefficient (Wildman–Crippen LogP) is 3.61. The standard InChI is InChI=1S/C22H27N3O3/c26-19-4-1-5-20(28-11-14-6-7-14)21(19)18-9-16(15-3-2-8-23-10-15)17-12-27-13-24-22(17)25-18/h1,4-5,9,14-15,23,26H,2-3,6-8,10-13H2,(H,24,25)/t15-/m1/s1. The van der Waals surface area contributed by atoms with E-state index in [0.717, 1.165) is 43.0 Å². The molecule has 2 aromatic rings. The molecule has 148 valence electrons. The van der Waals surface area contributed by atoms with Crippen molar-refractivity contribution in [2.75, 3.05) is 31.7 Å². The Morgan fingerprint density at radius 2 is 2.18 bits per heavy atom. The SMILES string of the molecule is Oc1cccc(OCC2CC2)c1-c1cc([C@@H]2CCCNC2)c2c(n1)NCOC2. The molecule has 3 heterocycles. The van der Waals surface area contributed by atoms with E-state index in [2.05, 4.69) is 16.7 Å². The smallest absolute Gasteiger partial charge is 0.134 e. The van der Waals surface area contributed by atoms with Crippen LogP contribution in [0.25, 0.3) is 11.3 Å². The van der Waals surface area contributed by atoms with Gasteiger partial charge in [-0.15, -0.1) is 0 Å². The summed E-state index contributed by atoms with van der Waals surface area (Å²) in [5, 5.41) is 17.4. The highest BCUT2D eigenvalue weighted by Crippen LogP contribution is 2.42. The van der Waals surface area contributed by atoms with Gasteiger partial charge in [0.1, 0.15) is 24.0 Å². The van der Waals surface area contributed by atoms with Crippen molar-refractivity contribution < 1.29 is 14.6 Å². The highest BCUT2D eigenvalue weighted by Gasteiger charge is 2.27. The van der Waals surface area contributed by atoms with Crippen LogP contribution in [0.15, 0.2) is 24.3 Å². The number of hydrogen-bond acceptors (Lipinski definition) is 6. The van der Waals surface area contributed by atoms with E-state index in [-0.39, 0.29) is 5.75 Å². The molecule has 0 bridgehead atoms. The molecule has 6 heteroatoms.